The second kappa shape index (κ2) is 7.68. The summed E-state index contributed by atoms with van der Waals surface area (Å²) in [6.07, 6.45) is 1.57. The van der Waals surface area contributed by atoms with Crippen molar-refractivity contribution in [3.63, 3.8) is 0 Å². The lowest BCUT2D eigenvalue weighted by atomic mass is 10.1. The normalized spacial score (nSPS) is 15.7. The highest BCUT2D eigenvalue weighted by Crippen LogP contribution is 2.14. The number of hydrogen-bond acceptors (Lipinski definition) is 4. The molecular formula is C12H21N3O5. The molecule has 0 aromatic carbocycles. The zero-order valence-electron chi connectivity index (χ0n) is 11.5. The summed E-state index contributed by atoms with van der Waals surface area (Å²) in [5, 5.41) is 20.8. The summed E-state index contributed by atoms with van der Waals surface area (Å²) in [5.74, 6) is -2.44. The van der Waals surface area contributed by atoms with Crippen LogP contribution in [-0.4, -0.2) is 76.7 Å². The minimum absolute atomic E-state index is 0.0267. The SMILES string of the molecule is CCN(C(=O)N(CC(=O)O)CC(=O)O)C1CCNCC1. The molecule has 0 atom stereocenters. The lowest BCUT2D eigenvalue weighted by Gasteiger charge is -2.36. The van der Waals surface area contributed by atoms with Gasteiger partial charge in [-0.15, -0.1) is 0 Å². The van der Waals surface area contributed by atoms with Crippen LogP contribution in [0.5, 0.6) is 0 Å². The first-order valence-electron chi connectivity index (χ1n) is 6.65. The maximum absolute atomic E-state index is 12.3. The third kappa shape index (κ3) is 4.69. The predicted octanol–water partition coefficient (Wildman–Crippen LogP) is -0.348. The van der Waals surface area contributed by atoms with E-state index in [4.69, 9.17) is 10.2 Å². The molecule has 1 saturated heterocycles. The van der Waals surface area contributed by atoms with Crippen molar-refractivity contribution in [3.8, 4) is 0 Å². The Morgan fingerprint density at radius 1 is 1.10 bits per heavy atom. The molecule has 8 heteroatoms. The second-order valence-corrected chi connectivity index (χ2v) is 4.69. The molecule has 0 bridgehead atoms. The summed E-state index contributed by atoms with van der Waals surface area (Å²) in [6.45, 7) is 2.62. The first kappa shape index (κ1) is 16.2. The van der Waals surface area contributed by atoms with Gasteiger partial charge in [-0.2, -0.15) is 0 Å². The Hall–Kier alpha value is -1.83. The Kier molecular flexibility index (Phi) is 6.23. The third-order valence-electron chi connectivity index (χ3n) is 3.26. The van der Waals surface area contributed by atoms with Gasteiger partial charge in [-0.1, -0.05) is 0 Å². The maximum Gasteiger partial charge on any atom is 0.323 e. The largest absolute Gasteiger partial charge is 0.480 e. The van der Waals surface area contributed by atoms with Crippen molar-refractivity contribution in [2.75, 3.05) is 32.7 Å². The van der Waals surface area contributed by atoms with E-state index in [1.165, 1.54) is 0 Å². The third-order valence-corrected chi connectivity index (χ3v) is 3.26. The molecule has 114 valence electrons. The number of urea groups is 1. The fraction of sp³-hybridized carbons (Fsp3) is 0.750. The molecule has 1 aliphatic heterocycles. The zero-order valence-corrected chi connectivity index (χ0v) is 11.5. The van der Waals surface area contributed by atoms with Crippen LogP contribution >= 0.6 is 0 Å². The minimum Gasteiger partial charge on any atom is -0.480 e. The maximum atomic E-state index is 12.3. The summed E-state index contributed by atoms with van der Waals surface area (Å²) in [6, 6.07) is -0.497. The molecule has 1 rings (SSSR count). The van der Waals surface area contributed by atoms with Gasteiger partial charge in [0.05, 0.1) is 0 Å². The Labute approximate surface area is 117 Å². The van der Waals surface area contributed by atoms with E-state index in [-0.39, 0.29) is 6.04 Å². The monoisotopic (exact) mass is 287 g/mol. The number of carboxylic acid groups (broad SMARTS) is 2. The summed E-state index contributed by atoms with van der Waals surface area (Å²) in [4.78, 5) is 36.3. The number of carboxylic acids is 2. The van der Waals surface area contributed by atoms with Crippen molar-refractivity contribution < 1.29 is 24.6 Å². The summed E-state index contributed by atoms with van der Waals surface area (Å²) < 4.78 is 0. The molecule has 0 unspecified atom stereocenters. The molecule has 0 aliphatic carbocycles. The number of nitrogens with one attached hydrogen (secondary N) is 1. The van der Waals surface area contributed by atoms with Crippen molar-refractivity contribution in [1.82, 2.24) is 15.1 Å². The van der Waals surface area contributed by atoms with Crippen LogP contribution in [-0.2, 0) is 9.59 Å². The molecular weight excluding hydrogens is 266 g/mol. The predicted molar refractivity (Wildman–Crippen MR) is 70.5 cm³/mol. The van der Waals surface area contributed by atoms with Crippen LogP contribution in [0.4, 0.5) is 4.79 Å². The van der Waals surface area contributed by atoms with E-state index in [0.29, 0.717) is 6.54 Å². The molecule has 0 saturated carbocycles. The van der Waals surface area contributed by atoms with E-state index >= 15 is 0 Å². The number of rotatable bonds is 6. The molecule has 20 heavy (non-hydrogen) atoms. The van der Waals surface area contributed by atoms with Crippen molar-refractivity contribution in [1.29, 1.82) is 0 Å². The fourth-order valence-electron chi connectivity index (χ4n) is 2.37. The Morgan fingerprint density at radius 2 is 1.60 bits per heavy atom. The molecule has 2 amide bonds. The Bertz CT molecular complexity index is 352. The highest BCUT2D eigenvalue weighted by molar-refractivity contribution is 5.84. The van der Waals surface area contributed by atoms with Gasteiger partial charge in [0.25, 0.3) is 0 Å². The lowest BCUT2D eigenvalue weighted by Crippen LogP contribution is -2.53. The van der Waals surface area contributed by atoms with E-state index in [1.807, 2.05) is 0 Å². The summed E-state index contributed by atoms with van der Waals surface area (Å²) in [5.41, 5.74) is 0. The Balaban J connectivity index is 2.77. The molecule has 1 aliphatic rings. The first-order valence-corrected chi connectivity index (χ1v) is 6.65. The van der Waals surface area contributed by atoms with Crippen LogP contribution in [0.25, 0.3) is 0 Å². The number of carbonyl (C=O) groups excluding carboxylic acids is 1. The van der Waals surface area contributed by atoms with Crippen LogP contribution in [0.15, 0.2) is 0 Å². The van der Waals surface area contributed by atoms with E-state index in [0.717, 1.165) is 30.8 Å². The standard InChI is InChI=1S/C12H21N3O5/c1-2-15(9-3-5-13-6-4-9)12(20)14(7-10(16)17)8-11(18)19/h9,13H,2-8H2,1H3,(H,16,17)(H,18,19). The van der Waals surface area contributed by atoms with Gasteiger partial charge in [0.15, 0.2) is 0 Å². The van der Waals surface area contributed by atoms with Gasteiger partial charge < -0.3 is 25.3 Å². The van der Waals surface area contributed by atoms with Crippen LogP contribution in [0.1, 0.15) is 19.8 Å². The van der Waals surface area contributed by atoms with Gasteiger partial charge in [-0.3, -0.25) is 9.59 Å². The van der Waals surface area contributed by atoms with Crippen molar-refractivity contribution in [2.45, 2.75) is 25.8 Å². The van der Waals surface area contributed by atoms with Gasteiger partial charge >= 0.3 is 18.0 Å². The van der Waals surface area contributed by atoms with E-state index in [2.05, 4.69) is 5.32 Å². The fourth-order valence-corrected chi connectivity index (χ4v) is 2.37. The van der Waals surface area contributed by atoms with Crippen LogP contribution in [0.3, 0.4) is 0 Å². The van der Waals surface area contributed by atoms with E-state index in [1.54, 1.807) is 11.8 Å². The number of nitrogens with zero attached hydrogens (tertiary/aromatic N) is 2. The number of aliphatic carboxylic acids is 2. The number of carbonyl (C=O) groups is 3. The van der Waals surface area contributed by atoms with Gasteiger partial charge in [-0.25, -0.2) is 4.79 Å². The summed E-state index contributed by atoms with van der Waals surface area (Å²) >= 11 is 0. The number of hydrogen-bond donors (Lipinski definition) is 3. The Morgan fingerprint density at radius 3 is 2.00 bits per heavy atom. The van der Waals surface area contributed by atoms with Crippen LogP contribution < -0.4 is 5.32 Å². The molecule has 0 radical (unpaired) electrons. The molecule has 0 aromatic heterocycles. The molecule has 1 fully saturated rings. The van der Waals surface area contributed by atoms with Crippen LogP contribution in [0, 0.1) is 0 Å². The molecule has 8 nitrogen and oxygen atoms in total. The molecule has 3 N–H and O–H groups in total. The number of piperidine rings is 1. The molecule has 0 aromatic rings. The smallest absolute Gasteiger partial charge is 0.323 e. The van der Waals surface area contributed by atoms with E-state index in [9.17, 15) is 14.4 Å². The van der Waals surface area contributed by atoms with Crippen molar-refractivity contribution >= 4 is 18.0 Å². The number of amides is 2. The minimum atomic E-state index is -1.22. The first-order chi connectivity index (χ1) is 9.45. The highest BCUT2D eigenvalue weighted by atomic mass is 16.4. The average molecular weight is 287 g/mol. The topological polar surface area (TPSA) is 110 Å². The highest BCUT2D eigenvalue weighted by Gasteiger charge is 2.29. The van der Waals surface area contributed by atoms with Gasteiger partial charge in [0, 0.05) is 12.6 Å². The van der Waals surface area contributed by atoms with E-state index < -0.39 is 31.1 Å². The zero-order chi connectivity index (χ0) is 15.1. The van der Waals surface area contributed by atoms with Crippen molar-refractivity contribution in [3.05, 3.63) is 0 Å². The molecule has 1 heterocycles. The average Bonchev–Trinajstić information content (AvgIpc) is 2.39. The summed E-state index contributed by atoms with van der Waals surface area (Å²) in [7, 11) is 0. The second-order valence-electron chi connectivity index (χ2n) is 4.69. The van der Waals surface area contributed by atoms with Crippen LogP contribution in [0.2, 0.25) is 0 Å². The van der Waals surface area contributed by atoms with Gasteiger partial charge in [0.1, 0.15) is 13.1 Å². The van der Waals surface area contributed by atoms with Gasteiger partial charge in [-0.05, 0) is 32.9 Å². The molecule has 0 spiro atoms. The van der Waals surface area contributed by atoms with Gasteiger partial charge in [0.2, 0.25) is 0 Å². The lowest BCUT2D eigenvalue weighted by molar-refractivity contribution is -0.140. The quantitative estimate of drug-likeness (QED) is 0.616. The van der Waals surface area contributed by atoms with Crippen molar-refractivity contribution in [2.24, 2.45) is 0 Å².